The summed E-state index contributed by atoms with van der Waals surface area (Å²) in [6.45, 7) is 4.37. The van der Waals surface area contributed by atoms with Crippen molar-refractivity contribution in [1.29, 1.82) is 0 Å². The zero-order chi connectivity index (χ0) is 17.8. The Morgan fingerprint density at radius 2 is 1.96 bits per heavy atom. The summed E-state index contributed by atoms with van der Waals surface area (Å²) in [6, 6.07) is 13.1. The molecular weight excluding hydrogens is 318 g/mol. The van der Waals surface area contributed by atoms with E-state index in [4.69, 9.17) is 14.2 Å². The highest BCUT2D eigenvalue weighted by molar-refractivity contribution is 6.13. The zero-order valence-electron chi connectivity index (χ0n) is 14.4. The Morgan fingerprint density at radius 1 is 1.16 bits per heavy atom. The maximum Gasteiger partial charge on any atom is 0.363 e. The molecule has 2 aromatic carbocycles. The number of cyclic esters (lactones) is 1. The van der Waals surface area contributed by atoms with Gasteiger partial charge < -0.3 is 14.2 Å². The van der Waals surface area contributed by atoms with Crippen LogP contribution >= 0.6 is 0 Å². The molecule has 0 unspecified atom stereocenters. The van der Waals surface area contributed by atoms with Gasteiger partial charge in [-0.3, -0.25) is 0 Å². The van der Waals surface area contributed by atoms with Crippen LogP contribution in [0.15, 0.2) is 53.2 Å². The third-order valence-corrected chi connectivity index (χ3v) is 3.79. The standard InChI is InChI=1S/C20H19NO4/c1-4-24-18-12-14(9-10-17(18)23-3)11-16-20(22)25-19(21-16)15-8-6-5-7-13(15)2/h5-12H,4H2,1-3H3/b16-11+. The Balaban J connectivity index is 1.94. The molecular formula is C20H19NO4. The Morgan fingerprint density at radius 3 is 2.68 bits per heavy atom. The third-order valence-electron chi connectivity index (χ3n) is 3.79. The molecule has 0 aliphatic carbocycles. The lowest BCUT2D eigenvalue weighted by Crippen LogP contribution is -2.06. The molecule has 2 aromatic rings. The van der Waals surface area contributed by atoms with Crippen molar-refractivity contribution >= 4 is 17.9 Å². The predicted octanol–water partition coefficient (Wildman–Crippen LogP) is 3.75. The maximum atomic E-state index is 12.1. The Bertz CT molecular complexity index is 868. The van der Waals surface area contributed by atoms with E-state index in [1.54, 1.807) is 19.3 Å². The number of hydrogen-bond acceptors (Lipinski definition) is 5. The van der Waals surface area contributed by atoms with Gasteiger partial charge in [-0.2, -0.15) is 0 Å². The third kappa shape index (κ3) is 3.55. The fraction of sp³-hybridized carbons (Fsp3) is 0.200. The van der Waals surface area contributed by atoms with E-state index in [1.165, 1.54) is 0 Å². The fourth-order valence-electron chi connectivity index (χ4n) is 2.55. The molecule has 25 heavy (non-hydrogen) atoms. The van der Waals surface area contributed by atoms with Gasteiger partial charge in [0.1, 0.15) is 0 Å². The van der Waals surface area contributed by atoms with Crippen LogP contribution in [0.25, 0.3) is 6.08 Å². The van der Waals surface area contributed by atoms with Crippen LogP contribution in [0.1, 0.15) is 23.6 Å². The number of nitrogens with zero attached hydrogens (tertiary/aromatic N) is 1. The summed E-state index contributed by atoms with van der Waals surface area (Å²) in [5, 5.41) is 0. The first-order valence-corrected chi connectivity index (χ1v) is 8.01. The average molecular weight is 337 g/mol. The molecule has 0 atom stereocenters. The lowest BCUT2D eigenvalue weighted by atomic mass is 10.1. The first kappa shape index (κ1) is 16.8. The molecule has 0 spiro atoms. The molecule has 0 saturated heterocycles. The van der Waals surface area contributed by atoms with Crippen molar-refractivity contribution in [2.24, 2.45) is 4.99 Å². The quantitative estimate of drug-likeness (QED) is 0.616. The SMILES string of the molecule is CCOc1cc(/C=C2/N=C(c3ccccc3C)OC2=O)ccc1OC. The van der Waals surface area contributed by atoms with Crippen LogP contribution in [0.3, 0.4) is 0 Å². The van der Waals surface area contributed by atoms with E-state index in [9.17, 15) is 4.79 Å². The smallest absolute Gasteiger partial charge is 0.363 e. The van der Waals surface area contributed by atoms with E-state index in [1.807, 2.05) is 50.2 Å². The molecule has 128 valence electrons. The summed E-state index contributed by atoms with van der Waals surface area (Å²) in [5.74, 6) is 1.12. The van der Waals surface area contributed by atoms with Crippen molar-refractivity contribution in [3.63, 3.8) is 0 Å². The monoisotopic (exact) mass is 337 g/mol. The first-order valence-electron chi connectivity index (χ1n) is 8.01. The van der Waals surface area contributed by atoms with E-state index < -0.39 is 5.97 Å². The lowest BCUT2D eigenvalue weighted by molar-refractivity contribution is -0.129. The van der Waals surface area contributed by atoms with Gasteiger partial charge in [0.25, 0.3) is 0 Å². The first-order chi connectivity index (χ1) is 12.1. The highest BCUT2D eigenvalue weighted by Crippen LogP contribution is 2.29. The van der Waals surface area contributed by atoms with E-state index in [-0.39, 0.29) is 5.70 Å². The van der Waals surface area contributed by atoms with Gasteiger partial charge in [0, 0.05) is 5.56 Å². The fourth-order valence-corrected chi connectivity index (χ4v) is 2.55. The number of ether oxygens (including phenoxy) is 3. The van der Waals surface area contributed by atoms with Crippen molar-refractivity contribution in [2.45, 2.75) is 13.8 Å². The van der Waals surface area contributed by atoms with Gasteiger partial charge in [0.15, 0.2) is 17.2 Å². The highest BCUT2D eigenvalue weighted by Gasteiger charge is 2.25. The number of carbonyl (C=O) groups excluding carboxylic acids is 1. The van der Waals surface area contributed by atoms with Gasteiger partial charge >= 0.3 is 5.97 Å². The van der Waals surface area contributed by atoms with Crippen molar-refractivity contribution < 1.29 is 19.0 Å². The van der Waals surface area contributed by atoms with Gasteiger partial charge in [0.05, 0.1) is 13.7 Å². The highest BCUT2D eigenvalue weighted by atomic mass is 16.6. The van der Waals surface area contributed by atoms with Gasteiger partial charge in [-0.25, -0.2) is 9.79 Å². The Labute approximate surface area is 146 Å². The summed E-state index contributed by atoms with van der Waals surface area (Å²) in [6.07, 6.45) is 1.68. The maximum absolute atomic E-state index is 12.1. The lowest BCUT2D eigenvalue weighted by Gasteiger charge is -2.09. The Hall–Kier alpha value is -3.08. The molecule has 1 heterocycles. The molecule has 0 radical (unpaired) electrons. The van der Waals surface area contributed by atoms with Crippen LogP contribution in [0.2, 0.25) is 0 Å². The minimum absolute atomic E-state index is 0.255. The second-order valence-corrected chi connectivity index (χ2v) is 5.49. The molecule has 1 aliphatic heterocycles. The largest absolute Gasteiger partial charge is 0.493 e. The zero-order valence-corrected chi connectivity index (χ0v) is 14.4. The normalized spacial score (nSPS) is 15.1. The van der Waals surface area contributed by atoms with Crippen LogP contribution in [0.5, 0.6) is 11.5 Å². The molecule has 3 rings (SSSR count). The topological polar surface area (TPSA) is 57.1 Å². The molecule has 1 aliphatic rings. The summed E-state index contributed by atoms with van der Waals surface area (Å²) >= 11 is 0. The summed E-state index contributed by atoms with van der Waals surface area (Å²) in [4.78, 5) is 16.5. The van der Waals surface area contributed by atoms with Crippen LogP contribution in [0, 0.1) is 6.92 Å². The number of esters is 1. The molecule has 5 heteroatoms. The van der Waals surface area contributed by atoms with Gasteiger partial charge in [0.2, 0.25) is 5.90 Å². The molecule has 5 nitrogen and oxygen atoms in total. The van der Waals surface area contributed by atoms with E-state index >= 15 is 0 Å². The molecule has 0 bridgehead atoms. The number of rotatable bonds is 5. The molecule has 0 amide bonds. The number of aryl methyl sites for hydroxylation is 1. The van der Waals surface area contributed by atoms with Crippen LogP contribution in [0.4, 0.5) is 0 Å². The second-order valence-electron chi connectivity index (χ2n) is 5.49. The summed E-state index contributed by atoms with van der Waals surface area (Å²) in [5.41, 5.74) is 2.85. The number of aliphatic imine (C=N–C) groups is 1. The predicted molar refractivity (Wildman–Crippen MR) is 95.9 cm³/mol. The van der Waals surface area contributed by atoms with Crippen molar-refractivity contribution in [3.8, 4) is 11.5 Å². The van der Waals surface area contributed by atoms with Crippen LogP contribution in [-0.2, 0) is 9.53 Å². The Kier molecular flexibility index (Phi) is 4.84. The van der Waals surface area contributed by atoms with Crippen LogP contribution < -0.4 is 9.47 Å². The van der Waals surface area contributed by atoms with E-state index in [0.29, 0.717) is 24.0 Å². The summed E-state index contributed by atoms with van der Waals surface area (Å²) < 4.78 is 16.1. The minimum atomic E-state index is -0.466. The number of benzene rings is 2. The van der Waals surface area contributed by atoms with Gasteiger partial charge in [-0.1, -0.05) is 24.3 Å². The van der Waals surface area contributed by atoms with E-state index in [0.717, 1.165) is 16.7 Å². The van der Waals surface area contributed by atoms with Crippen molar-refractivity contribution in [3.05, 3.63) is 64.9 Å². The number of carbonyl (C=O) groups is 1. The minimum Gasteiger partial charge on any atom is -0.493 e. The summed E-state index contributed by atoms with van der Waals surface area (Å²) in [7, 11) is 1.59. The second kappa shape index (κ2) is 7.21. The van der Waals surface area contributed by atoms with Gasteiger partial charge in [-0.05, 0) is 49.2 Å². The molecule has 0 fully saturated rings. The number of methoxy groups -OCH3 is 1. The molecule has 0 aromatic heterocycles. The van der Waals surface area contributed by atoms with Gasteiger partial charge in [-0.15, -0.1) is 0 Å². The molecule has 0 saturated carbocycles. The van der Waals surface area contributed by atoms with Crippen LogP contribution in [-0.4, -0.2) is 25.6 Å². The van der Waals surface area contributed by atoms with Crippen molar-refractivity contribution in [2.75, 3.05) is 13.7 Å². The number of hydrogen-bond donors (Lipinski definition) is 0. The molecule has 0 N–H and O–H groups in total. The van der Waals surface area contributed by atoms with Crippen molar-refractivity contribution in [1.82, 2.24) is 0 Å². The average Bonchev–Trinajstić information content (AvgIpc) is 2.96. The van der Waals surface area contributed by atoms with E-state index in [2.05, 4.69) is 4.99 Å².